The summed E-state index contributed by atoms with van der Waals surface area (Å²) in [7, 11) is -2.18. The third-order valence-electron chi connectivity index (χ3n) is 4.18. The number of carbonyl (C=O) groups excluding carboxylic acids is 1. The summed E-state index contributed by atoms with van der Waals surface area (Å²) in [6, 6.07) is 13.1. The molecule has 0 bridgehead atoms. The summed E-state index contributed by atoms with van der Waals surface area (Å²) >= 11 is 0. The quantitative estimate of drug-likeness (QED) is 0.690. The Balaban J connectivity index is 2.03. The molecular weight excluding hydrogens is 350 g/mol. The lowest BCUT2D eigenvalue weighted by atomic mass is 9.99. The molecule has 2 aromatic rings. The van der Waals surface area contributed by atoms with Crippen molar-refractivity contribution in [3.63, 3.8) is 0 Å². The van der Waals surface area contributed by atoms with E-state index in [2.05, 4.69) is 23.9 Å². The van der Waals surface area contributed by atoms with Crippen LogP contribution in [0.5, 0.6) is 0 Å². The molecule has 1 amide bonds. The molecule has 1 atom stereocenters. The van der Waals surface area contributed by atoms with E-state index >= 15 is 0 Å². The molecule has 2 aromatic carbocycles. The molecule has 0 aliphatic rings. The largest absolute Gasteiger partial charge is 0.355 e. The van der Waals surface area contributed by atoms with Gasteiger partial charge in [0, 0.05) is 25.2 Å². The number of nitrogens with two attached hydrogens (primary N) is 1. The molecule has 4 N–H and O–H groups in total. The van der Waals surface area contributed by atoms with E-state index in [9.17, 15) is 13.2 Å². The number of rotatable bonds is 7. The standard InChI is InChI=1S/C19H25N3O3S/c1-13(2)14-4-6-15(7-5-14)18(20)12-22-26(24,25)17-10-8-16(9-11-17)19(23)21-3/h4-11,13,18,22H,12,20H2,1-3H3,(H,21,23). The van der Waals surface area contributed by atoms with Gasteiger partial charge in [0.25, 0.3) is 5.91 Å². The van der Waals surface area contributed by atoms with Gasteiger partial charge >= 0.3 is 0 Å². The van der Waals surface area contributed by atoms with E-state index in [1.165, 1.54) is 36.9 Å². The molecule has 2 rings (SSSR count). The lowest BCUT2D eigenvalue weighted by Crippen LogP contribution is -2.32. The number of nitrogens with one attached hydrogen (secondary N) is 2. The molecule has 0 spiro atoms. The van der Waals surface area contributed by atoms with E-state index in [4.69, 9.17) is 5.73 Å². The van der Waals surface area contributed by atoms with Gasteiger partial charge in [-0.15, -0.1) is 0 Å². The lowest BCUT2D eigenvalue weighted by molar-refractivity contribution is 0.0963. The first-order valence-electron chi connectivity index (χ1n) is 8.42. The molecule has 0 aliphatic heterocycles. The molecule has 6 nitrogen and oxygen atoms in total. The minimum atomic E-state index is -3.70. The van der Waals surface area contributed by atoms with E-state index in [0.717, 1.165) is 5.56 Å². The van der Waals surface area contributed by atoms with Gasteiger partial charge in [-0.3, -0.25) is 4.79 Å². The zero-order valence-corrected chi connectivity index (χ0v) is 16.0. The average molecular weight is 375 g/mol. The molecule has 140 valence electrons. The first-order valence-corrected chi connectivity index (χ1v) is 9.90. The third kappa shape index (κ3) is 4.91. The van der Waals surface area contributed by atoms with Crippen LogP contribution in [0.25, 0.3) is 0 Å². The minimum absolute atomic E-state index is 0.0839. The van der Waals surface area contributed by atoms with Crippen LogP contribution in [0, 0.1) is 0 Å². The molecular formula is C19H25N3O3S. The highest BCUT2D eigenvalue weighted by Crippen LogP contribution is 2.18. The Morgan fingerprint density at radius 1 is 1.00 bits per heavy atom. The van der Waals surface area contributed by atoms with Crippen LogP contribution in [0.1, 0.15) is 47.3 Å². The first-order chi connectivity index (χ1) is 12.2. The maximum absolute atomic E-state index is 12.4. The maximum Gasteiger partial charge on any atom is 0.251 e. The highest BCUT2D eigenvalue weighted by molar-refractivity contribution is 7.89. The van der Waals surface area contributed by atoms with Gasteiger partial charge < -0.3 is 11.1 Å². The van der Waals surface area contributed by atoms with Gasteiger partial charge in [0.05, 0.1) is 4.90 Å². The van der Waals surface area contributed by atoms with Crippen LogP contribution in [-0.4, -0.2) is 27.9 Å². The zero-order chi connectivity index (χ0) is 19.3. The highest BCUT2D eigenvalue weighted by Gasteiger charge is 2.17. The number of benzene rings is 2. The van der Waals surface area contributed by atoms with Crippen molar-refractivity contribution in [2.45, 2.75) is 30.7 Å². The molecule has 7 heteroatoms. The molecule has 0 fully saturated rings. The van der Waals surface area contributed by atoms with Crippen molar-refractivity contribution < 1.29 is 13.2 Å². The summed E-state index contributed by atoms with van der Waals surface area (Å²) in [5.74, 6) is 0.158. The van der Waals surface area contributed by atoms with E-state index < -0.39 is 16.1 Å². The number of amides is 1. The summed E-state index contributed by atoms with van der Waals surface area (Å²) in [6.07, 6.45) is 0. The fourth-order valence-electron chi connectivity index (χ4n) is 2.46. The Labute approximate surface area is 154 Å². The van der Waals surface area contributed by atoms with Crippen LogP contribution in [0.15, 0.2) is 53.4 Å². The van der Waals surface area contributed by atoms with Crippen LogP contribution < -0.4 is 15.8 Å². The molecule has 0 aliphatic carbocycles. The predicted octanol–water partition coefficient (Wildman–Crippen LogP) is 2.15. The predicted molar refractivity (Wildman–Crippen MR) is 102 cm³/mol. The molecule has 0 radical (unpaired) electrons. The Morgan fingerprint density at radius 2 is 1.54 bits per heavy atom. The Morgan fingerprint density at radius 3 is 2.04 bits per heavy atom. The highest BCUT2D eigenvalue weighted by atomic mass is 32.2. The topological polar surface area (TPSA) is 101 Å². The first kappa shape index (κ1) is 20.1. The molecule has 0 heterocycles. The summed E-state index contributed by atoms with van der Waals surface area (Å²) in [6.45, 7) is 4.30. The van der Waals surface area contributed by atoms with Gasteiger partial charge in [0.2, 0.25) is 10.0 Å². The average Bonchev–Trinajstić information content (AvgIpc) is 2.65. The van der Waals surface area contributed by atoms with E-state index in [-0.39, 0.29) is 17.3 Å². The summed E-state index contributed by atoms with van der Waals surface area (Å²) in [4.78, 5) is 11.6. The summed E-state index contributed by atoms with van der Waals surface area (Å²) < 4.78 is 27.3. The van der Waals surface area contributed by atoms with Gasteiger partial charge in [0.1, 0.15) is 0 Å². The Kier molecular flexibility index (Phi) is 6.52. The van der Waals surface area contributed by atoms with Crippen molar-refractivity contribution in [3.05, 3.63) is 65.2 Å². The van der Waals surface area contributed by atoms with E-state index in [1.807, 2.05) is 24.3 Å². The second kappa shape index (κ2) is 8.44. The van der Waals surface area contributed by atoms with Crippen molar-refractivity contribution in [1.29, 1.82) is 0 Å². The van der Waals surface area contributed by atoms with Crippen molar-refractivity contribution in [2.75, 3.05) is 13.6 Å². The number of hydrogen-bond acceptors (Lipinski definition) is 4. The number of carbonyl (C=O) groups is 1. The van der Waals surface area contributed by atoms with E-state index in [0.29, 0.717) is 11.5 Å². The van der Waals surface area contributed by atoms with Crippen LogP contribution in [-0.2, 0) is 10.0 Å². The molecule has 26 heavy (non-hydrogen) atoms. The van der Waals surface area contributed by atoms with Crippen molar-refractivity contribution >= 4 is 15.9 Å². The second-order valence-corrected chi connectivity index (χ2v) is 8.15. The molecule has 0 saturated carbocycles. The van der Waals surface area contributed by atoms with Gasteiger partial charge in [0.15, 0.2) is 0 Å². The third-order valence-corrected chi connectivity index (χ3v) is 5.62. The molecule has 0 saturated heterocycles. The molecule has 1 unspecified atom stereocenters. The summed E-state index contributed by atoms with van der Waals surface area (Å²) in [5.41, 5.74) is 8.58. The van der Waals surface area contributed by atoms with Gasteiger partial charge in [-0.1, -0.05) is 38.1 Å². The second-order valence-electron chi connectivity index (χ2n) is 6.38. The van der Waals surface area contributed by atoms with Crippen LogP contribution in [0.2, 0.25) is 0 Å². The van der Waals surface area contributed by atoms with Crippen molar-refractivity contribution in [1.82, 2.24) is 10.0 Å². The van der Waals surface area contributed by atoms with Crippen LogP contribution in [0.4, 0.5) is 0 Å². The molecule has 0 aromatic heterocycles. The number of hydrogen-bond donors (Lipinski definition) is 3. The Bertz CT molecular complexity index is 845. The SMILES string of the molecule is CNC(=O)c1ccc(S(=O)(=O)NCC(N)c2ccc(C(C)C)cc2)cc1. The smallest absolute Gasteiger partial charge is 0.251 e. The van der Waals surface area contributed by atoms with Crippen molar-refractivity contribution in [2.24, 2.45) is 5.73 Å². The van der Waals surface area contributed by atoms with Gasteiger partial charge in [-0.25, -0.2) is 13.1 Å². The maximum atomic E-state index is 12.4. The van der Waals surface area contributed by atoms with Gasteiger partial charge in [-0.05, 0) is 41.3 Å². The monoisotopic (exact) mass is 375 g/mol. The fourth-order valence-corrected chi connectivity index (χ4v) is 3.52. The zero-order valence-electron chi connectivity index (χ0n) is 15.2. The van der Waals surface area contributed by atoms with Gasteiger partial charge in [-0.2, -0.15) is 0 Å². The summed E-state index contributed by atoms with van der Waals surface area (Å²) in [5, 5.41) is 2.49. The number of sulfonamides is 1. The lowest BCUT2D eigenvalue weighted by Gasteiger charge is -2.15. The van der Waals surface area contributed by atoms with Crippen LogP contribution in [0.3, 0.4) is 0 Å². The van der Waals surface area contributed by atoms with E-state index in [1.54, 1.807) is 0 Å². The Hall–Kier alpha value is -2.22. The fraction of sp³-hybridized carbons (Fsp3) is 0.316. The minimum Gasteiger partial charge on any atom is -0.355 e. The van der Waals surface area contributed by atoms with Crippen LogP contribution >= 0.6 is 0 Å². The normalized spacial score (nSPS) is 12.8. The van der Waals surface area contributed by atoms with Crippen molar-refractivity contribution in [3.8, 4) is 0 Å².